The van der Waals surface area contributed by atoms with Crippen LogP contribution in [0, 0.1) is 10.1 Å². The molecular weight excluding hydrogens is 390 g/mol. The van der Waals surface area contributed by atoms with Gasteiger partial charge in [-0.25, -0.2) is 0 Å². The number of nitrogens with zero attached hydrogens (tertiary/aromatic N) is 3. The molecule has 0 unspecified atom stereocenters. The summed E-state index contributed by atoms with van der Waals surface area (Å²) < 4.78 is 6.78. The minimum Gasteiger partial charge on any atom is -0.468 e. The number of hydrogen-bond acceptors (Lipinski definition) is 7. The van der Waals surface area contributed by atoms with Gasteiger partial charge in [0.15, 0.2) is 4.80 Å². The number of thiazole rings is 1. The number of esters is 1. The van der Waals surface area contributed by atoms with Crippen LogP contribution in [0.4, 0.5) is 5.69 Å². The third-order valence-electron chi connectivity index (χ3n) is 3.53. The van der Waals surface area contributed by atoms with Crippen LogP contribution in [0.1, 0.15) is 4.88 Å². The number of rotatable bonds is 5. The third kappa shape index (κ3) is 4.36. The lowest BCUT2D eigenvalue weighted by molar-refractivity contribution is -0.384. The van der Waals surface area contributed by atoms with Gasteiger partial charge in [0.1, 0.15) is 6.54 Å². The Hall–Kier alpha value is -3.11. The van der Waals surface area contributed by atoms with Gasteiger partial charge in [0, 0.05) is 23.1 Å². The van der Waals surface area contributed by atoms with E-state index in [2.05, 4.69) is 9.73 Å². The number of carbonyl (C=O) groups excluding carboxylic acids is 2. The van der Waals surface area contributed by atoms with E-state index in [9.17, 15) is 19.7 Å². The maximum atomic E-state index is 12.2. The molecule has 0 N–H and O–H groups in total. The second-order valence-electron chi connectivity index (χ2n) is 5.25. The quantitative estimate of drug-likeness (QED) is 0.282. The number of nitro groups is 1. The Morgan fingerprint density at radius 2 is 2.19 bits per heavy atom. The summed E-state index contributed by atoms with van der Waals surface area (Å²) in [6, 6.07) is 8.01. The van der Waals surface area contributed by atoms with Gasteiger partial charge in [-0.2, -0.15) is 4.99 Å². The average Bonchev–Trinajstić information content (AvgIpc) is 3.28. The summed E-state index contributed by atoms with van der Waals surface area (Å²) in [5, 5.41) is 12.9. The number of nitro benzene ring substituents is 1. The third-order valence-corrected chi connectivity index (χ3v) is 5.43. The molecule has 0 aliphatic rings. The number of carbonyl (C=O) groups is 2. The van der Waals surface area contributed by atoms with Crippen LogP contribution in [0.25, 0.3) is 16.3 Å². The van der Waals surface area contributed by atoms with Crippen LogP contribution < -0.4 is 4.80 Å². The average molecular weight is 403 g/mol. The molecule has 3 aromatic rings. The van der Waals surface area contributed by atoms with Gasteiger partial charge in [-0.3, -0.25) is 19.7 Å². The summed E-state index contributed by atoms with van der Waals surface area (Å²) in [6.07, 6.45) is 2.99. The Bertz CT molecular complexity index is 1110. The Morgan fingerprint density at radius 3 is 2.85 bits per heavy atom. The second kappa shape index (κ2) is 8.06. The first kappa shape index (κ1) is 18.7. The number of ether oxygens (including phenoxy) is 1. The lowest BCUT2D eigenvalue weighted by atomic mass is 10.3. The molecule has 0 aliphatic heterocycles. The number of thiophene rings is 1. The van der Waals surface area contributed by atoms with E-state index in [1.165, 1.54) is 41.2 Å². The zero-order valence-corrected chi connectivity index (χ0v) is 15.7. The van der Waals surface area contributed by atoms with Gasteiger partial charge in [0.05, 0.1) is 22.2 Å². The van der Waals surface area contributed by atoms with Crippen molar-refractivity contribution >= 4 is 56.5 Å². The molecule has 0 atom stereocenters. The van der Waals surface area contributed by atoms with Crippen LogP contribution >= 0.6 is 22.7 Å². The van der Waals surface area contributed by atoms with Gasteiger partial charge in [0.2, 0.25) is 0 Å². The summed E-state index contributed by atoms with van der Waals surface area (Å²) in [6.45, 7) is -0.210. The Labute approximate surface area is 160 Å². The standard InChI is InChI=1S/C17H13N3O5S2/c1-25-16(22)10-19-13-9-11(20(23)24)4-6-14(13)27-17(19)18-15(21)7-5-12-3-2-8-26-12/h2-9H,10H2,1H3. The Kier molecular flexibility index (Phi) is 5.57. The van der Waals surface area contributed by atoms with Crippen molar-refractivity contribution in [3.05, 3.63) is 61.6 Å². The number of methoxy groups -OCH3 is 1. The van der Waals surface area contributed by atoms with Crippen LogP contribution in [0.15, 0.2) is 46.8 Å². The Morgan fingerprint density at radius 1 is 1.37 bits per heavy atom. The summed E-state index contributed by atoms with van der Waals surface area (Å²) >= 11 is 2.65. The molecule has 1 aromatic carbocycles. The SMILES string of the molecule is COC(=O)Cn1c(=NC(=O)C=Cc2cccs2)sc2ccc([N+](=O)[O-])cc21. The minimum absolute atomic E-state index is 0.116. The van der Waals surface area contributed by atoms with Crippen molar-refractivity contribution in [1.82, 2.24) is 4.57 Å². The molecule has 10 heteroatoms. The molecule has 0 saturated carbocycles. The normalized spacial score (nSPS) is 12.0. The molecular formula is C17H13N3O5S2. The topological polar surface area (TPSA) is 104 Å². The zero-order valence-electron chi connectivity index (χ0n) is 14.0. The van der Waals surface area contributed by atoms with Gasteiger partial charge in [-0.05, 0) is 23.6 Å². The monoisotopic (exact) mass is 403 g/mol. The summed E-state index contributed by atoms with van der Waals surface area (Å²) in [5.74, 6) is -1.05. The molecule has 0 saturated heterocycles. The maximum absolute atomic E-state index is 12.2. The van der Waals surface area contributed by atoms with E-state index in [1.54, 1.807) is 12.1 Å². The van der Waals surface area contributed by atoms with Crippen molar-refractivity contribution in [2.24, 2.45) is 4.99 Å². The highest BCUT2D eigenvalue weighted by atomic mass is 32.1. The fourth-order valence-corrected chi connectivity index (χ4v) is 3.91. The van der Waals surface area contributed by atoms with E-state index in [0.29, 0.717) is 10.2 Å². The molecule has 8 nitrogen and oxygen atoms in total. The van der Waals surface area contributed by atoms with Gasteiger partial charge in [0.25, 0.3) is 11.6 Å². The number of non-ortho nitro benzene ring substituents is 1. The van der Waals surface area contributed by atoms with E-state index >= 15 is 0 Å². The van der Waals surface area contributed by atoms with Gasteiger partial charge >= 0.3 is 5.97 Å². The van der Waals surface area contributed by atoms with E-state index < -0.39 is 16.8 Å². The first-order valence-corrected chi connectivity index (χ1v) is 9.32. The molecule has 0 fully saturated rings. The molecule has 1 amide bonds. The largest absolute Gasteiger partial charge is 0.468 e. The van der Waals surface area contributed by atoms with Crippen LogP contribution in [0.5, 0.6) is 0 Å². The lowest BCUT2D eigenvalue weighted by Crippen LogP contribution is -2.22. The summed E-state index contributed by atoms with van der Waals surface area (Å²) in [5.41, 5.74) is 0.322. The molecule has 0 bridgehead atoms. The van der Waals surface area contributed by atoms with Gasteiger partial charge in [-0.15, -0.1) is 11.3 Å². The predicted molar refractivity (Wildman–Crippen MR) is 102 cm³/mol. The van der Waals surface area contributed by atoms with E-state index in [-0.39, 0.29) is 17.0 Å². The molecule has 2 aromatic heterocycles. The molecule has 3 rings (SSSR count). The van der Waals surface area contributed by atoms with Crippen molar-refractivity contribution in [3.63, 3.8) is 0 Å². The number of benzene rings is 1. The molecule has 27 heavy (non-hydrogen) atoms. The number of amides is 1. The van der Waals surface area contributed by atoms with Gasteiger partial charge < -0.3 is 9.30 Å². The highest BCUT2D eigenvalue weighted by Crippen LogP contribution is 2.23. The predicted octanol–water partition coefficient (Wildman–Crippen LogP) is 2.99. The molecule has 0 spiro atoms. The highest BCUT2D eigenvalue weighted by Gasteiger charge is 2.15. The van der Waals surface area contributed by atoms with Crippen LogP contribution in [0.3, 0.4) is 0 Å². The lowest BCUT2D eigenvalue weighted by Gasteiger charge is -2.03. The molecule has 138 valence electrons. The molecule has 2 heterocycles. The highest BCUT2D eigenvalue weighted by molar-refractivity contribution is 7.16. The summed E-state index contributed by atoms with van der Waals surface area (Å²) in [4.78, 5) is 39.7. The van der Waals surface area contributed by atoms with E-state index in [1.807, 2.05) is 17.5 Å². The smallest absolute Gasteiger partial charge is 0.325 e. The number of aromatic nitrogens is 1. The second-order valence-corrected chi connectivity index (χ2v) is 7.24. The molecule has 0 radical (unpaired) electrons. The zero-order chi connectivity index (χ0) is 19.4. The Balaban J connectivity index is 2.07. The fraction of sp³-hybridized carbons (Fsp3) is 0.118. The molecule has 0 aliphatic carbocycles. The van der Waals surface area contributed by atoms with Crippen LogP contribution in [-0.4, -0.2) is 28.5 Å². The first-order valence-electron chi connectivity index (χ1n) is 7.63. The van der Waals surface area contributed by atoms with Crippen molar-refractivity contribution in [3.8, 4) is 0 Å². The van der Waals surface area contributed by atoms with Crippen molar-refractivity contribution < 1.29 is 19.2 Å². The minimum atomic E-state index is -0.552. The van der Waals surface area contributed by atoms with Crippen LogP contribution in [0.2, 0.25) is 0 Å². The van der Waals surface area contributed by atoms with Gasteiger partial charge in [-0.1, -0.05) is 17.4 Å². The first-order chi connectivity index (χ1) is 13.0. The van der Waals surface area contributed by atoms with E-state index in [4.69, 9.17) is 0 Å². The maximum Gasteiger partial charge on any atom is 0.325 e. The van der Waals surface area contributed by atoms with Crippen molar-refractivity contribution in [1.29, 1.82) is 0 Å². The van der Waals surface area contributed by atoms with Crippen molar-refractivity contribution in [2.45, 2.75) is 6.54 Å². The number of fused-ring (bicyclic) bond motifs is 1. The van der Waals surface area contributed by atoms with E-state index in [0.717, 1.165) is 16.2 Å². The van der Waals surface area contributed by atoms with Crippen molar-refractivity contribution in [2.75, 3.05) is 7.11 Å². The number of hydrogen-bond donors (Lipinski definition) is 0. The fourth-order valence-electron chi connectivity index (χ4n) is 2.27. The summed E-state index contributed by atoms with van der Waals surface area (Å²) in [7, 11) is 1.24. The van der Waals surface area contributed by atoms with Crippen LogP contribution in [-0.2, 0) is 20.9 Å².